The van der Waals surface area contributed by atoms with Gasteiger partial charge in [0.05, 0.1) is 10.6 Å². The van der Waals surface area contributed by atoms with E-state index in [9.17, 15) is 0 Å². The molecule has 2 aromatic rings. The molecular weight excluding hydrogens is 262 g/mol. The molecule has 1 fully saturated rings. The number of hydrogen-bond donors (Lipinski definition) is 1. The van der Waals surface area contributed by atoms with Crippen LogP contribution >= 0.6 is 11.6 Å². The molecule has 6 heteroatoms. The van der Waals surface area contributed by atoms with E-state index in [-0.39, 0.29) is 5.54 Å². The van der Waals surface area contributed by atoms with E-state index in [1.165, 1.54) is 6.42 Å². The van der Waals surface area contributed by atoms with E-state index < -0.39 is 0 Å². The molecule has 0 aliphatic heterocycles. The van der Waals surface area contributed by atoms with E-state index in [1.807, 2.05) is 16.8 Å². The third kappa shape index (κ3) is 1.89. The second-order valence-electron chi connectivity index (χ2n) is 5.09. The number of nitrogen functional groups attached to an aromatic ring is 1. The first kappa shape index (κ1) is 12.4. The van der Waals surface area contributed by atoms with E-state index in [0.717, 1.165) is 30.7 Å². The highest BCUT2D eigenvalue weighted by molar-refractivity contribution is 6.33. The summed E-state index contributed by atoms with van der Waals surface area (Å²) in [6.07, 6.45) is 4.49. The Morgan fingerprint density at radius 3 is 2.79 bits per heavy atom. The first-order valence-corrected chi connectivity index (χ1v) is 6.88. The van der Waals surface area contributed by atoms with E-state index >= 15 is 0 Å². The van der Waals surface area contributed by atoms with Crippen molar-refractivity contribution in [2.75, 3.05) is 5.73 Å². The monoisotopic (exact) mass is 277 g/mol. The van der Waals surface area contributed by atoms with Crippen LogP contribution in [0.15, 0.2) is 18.2 Å². The van der Waals surface area contributed by atoms with Gasteiger partial charge < -0.3 is 5.73 Å². The largest absolute Gasteiger partial charge is 0.399 e. The third-order valence-corrected chi connectivity index (χ3v) is 4.41. The molecule has 0 amide bonds. The normalized spacial score (nSPS) is 17.2. The topological polar surface area (TPSA) is 69.6 Å². The summed E-state index contributed by atoms with van der Waals surface area (Å²) in [7, 11) is 0. The van der Waals surface area contributed by atoms with Crippen molar-refractivity contribution in [3.05, 3.63) is 23.2 Å². The fourth-order valence-electron chi connectivity index (χ4n) is 2.69. The summed E-state index contributed by atoms with van der Waals surface area (Å²) < 4.78 is 1.94. The minimum Gasteiger partial charge on any atom is -0.399 e. The molecule has 1 aliphatic carbocycles. The van der Waals surface area contributed by atoms with Crippen LogP contribution in [0.4, 0.5) is 5.69 Å². The summed E-state index contributed by atoms with van der Waals surface area (Å²) >= 11 is 6.26. The molecule has 0 unspecified atom stereocenters. The fraction of sp³-hybridized carbons (Fsp3) is 0.462. The van der Waals surface area contributed by atoms with Gasteiger partial charge >= 0.3 is 0 Å². The summed E-state index contributed by atoms with van der Waals surface area (Å²) in [5.41, 5.74) is 7.26. The molecule has 19 heavy (non-hydrogen) atoms. The number of nitrogens with zero attached hydrogens (tertiary/aromatic N) is 4. The maximum atomic E-state index is 6.26. The number of benzene rings is 1. The predicted molar refractivity (Wildman–Crippen MR) is 74.8 cm³/mol. The van der Waals surface area contributed by atoms with Gasteiger partial charge in [-0.3, -0.25) is 0 Å². The highest BCUT2D eigenvalue weighted by Crippen LogP contribution is 2.43. The molecule has 1 saturated carbocycles. The zero-order valence-corrected chi connectivity index (χ0v) is 11.6. The lowest BCUT2D eigenvalue weighted by molar-refractivity contribution is 0.118. The van der Waals surface area contributed by atoms with Crippen LogP contribution in [0.25, 0.3) is 11.4 Å². The number of anilines is 1. The van der Waals surface area contributed by atoms with Crippen molar-refractivity contribution in [1.82, 2.24) is 20.2 Å². The molecule has 5 nitrogen and oxygen atoms in total. The molecular formula is C13H16ClN5. The summed E-state index contributed by atoms with van der Waals surface area (Å²) in [4.78, 5) is 0. The highest BCUT2D eigenvalue weighted by Gasteiger charge is 2.40. The van der Waals surface area contributed by atoms with Gasteiger partial charge in [-0.25, -0.2) is 4.68 Å². The van der Waals surface area contributed by atoms with E-state index in [2.05, 4.69) is 22.4 Å². The number of nitrogens with two attached hydrogens (primary N) is 1. The van der Waals surface area contributed by atoms with Gasteiger partial charge in [0.2, 0.25) is 0 Å². The summed E-state index contributed by atoms with van der Waals surface area (Å²) in [6.45, 7) is 2.18. The van der Waals surface area contributed by atoms with Gasteiger partial charge in [-0.1, -0.05) is 18.5 Å². The van der Waals surface area contributed by atoms with Crippen LogP contribution in [0, 0.1) is 0 Å². The minimum atomic E-state index is 0.0591. The number of halogens is 1. The molecule has 3 rings (SSSR count). The lowest BCUT2D eigenvalue weighted by atomic mass is 9.75. The van der Waals surface area contributed by atoms with Crippen molar-refractivity contribution < 1.29 is 0 Å². The first-order valence-electron chi connectivity index (χ1n) is 6.50. The SMILES string of the molecule is CCC1(n2nnnc2-c2ccc(N)cc2Cl)CCC1. The first-order chi connectivity index (χ1) is 9.16. The third-order valence-electron chi connectivity index (χ3n) is 4.10. The number of hydrogen-bond acceptors (Lipinski definition) is 4. The van der Waals surface area contributed by atoms with Gasteiger partial charge in [0.15, 0.2) is 5.82 Å². The van der Waals surface area contributed by atoms with Crippen LogP contribution in [0.3, 0.4) is 0 Å². The predicted octanol–water partition coefficient (Wildman–Crippen LogP) is 2.86. The Morgan fingerprint density at radius 2 is 2.21 bits per heavy atom. The second-order valence-corrected chi connectivity index (χ2v) is 5.49. The minimum absolute atomic E-state index is 0.0591. The van der Waals surface area contributed by atoms with Crippen LogP contribution in [0.1, 0.15) is 32.6 Å². The number of tetrazole rings is 1. The average Bonchev–Trinajstić information content (AvgIpc) is 2.78. The molecule has 0 bridgehead atoms. The van der Waals surface area contributed by atoms with Gasteiger partial charge in [-0.05, 0) is 54.3 Å². The molecule has 1 aliphatic rings. The zero-order valence-electron chi connectivity index (χ0n) is 10.8. The van der Waals surface area contributed by atoms with Crippen molar-refractivity contribution in [2.24, 2.45) is 0 Å². The molecule has 1 aromatic heterocycles. The highest BCUT2D eigenvalue weighted by atomic mass is 35.5. The molecule has 100 valence electrons. The number of rotatable bonds is 3. The lowest BCUT2D eigenvalue weighted by Gasteiger charge is -2.41. The Hall–Kier alpha value is -1.62. The van der Waals surface area contributed by atoms with E-state index in [0.29, 0.717) is 10.7 Å². The standard InChI is InChI=1S/C13H16ClN5/c1-2-13(6-3-7-13)19-12(16-17-18-19)10-5-4-9(15)8-11(10)14/h4-5,8H,2-3,6-7,15H2,1H3. The Labute approximate surface area is 116 Å². The average molecular weight is 278 g/mol. The maximum Gasteiger partial charge on any atom is 0.184 e. The lowest BCUT2D eigenvalue weighted by Crippen LogP contribution is -2.41. The Bertz CT molecular complexity index is 597. The van der Waals surface area contributed by atoms with Crippen LogP contribution < -0.4 is 5.73 Å². The van der Waals surface area contributed by atoms with Crippen LogP contribution in [-0.4, -0.2) is 20.2 Å². The van der Waals surface area contributed by atoms with Gasteiger partial charge in [0.1, 0.15) is 0 Å². The molecule has 0 saturated heterocycles. The second kappa shape index (κ2) is 4.49. The van der Waals surface area contributed by atoms with Gasteiger partial charge in [-0.15, -0.1) is 5.10 Å². The molecule has 0 spiro atoms. The van der Waals surface area contributed by atoms with Crippen LogP contribution in [-0.2, 0) is 5.54 Å². The van der Waals surface area contributed by atoms with Crippen molar-refractivity contribution in [1.29, 1.82) is 0 Å². The van der Waals surface area contributed by atoms with Gasteiger partial charge in [0.25, 0.3) is 0 Å². The smallest absolute Gasteiger partial charge is 0.184 e. The molecule has 1 aromatic carbocycles. The Morgan fingerprint density at radius 1 is 1.42 bits per heavy atom. The summed E-state index contributed by atoms with van der Waals surface area (Å²) in [5, 5.41) is 12.8. The molecule has 2 N–H and O–H groups in total. The Kier molecular flexibility index (Phi) is 2.93. The molecule has 1 heterocycles. The van der Waals surface area contributed by atoms with E-state index in [1.54, 1.807) is 6.07 Å². The zero-order chi connectivity index (χ0) is 13.5. The maximum absolute atomic E-state index is 6.26. The Balaban J connectivity index is 2.09. The summed E-state index contributed by atoms with van der Waals surface area (Å²) in [6, 6.07) is 5.43. The quantitative estimate of drug-likeness (QED) is 0.876. The van der Waals surface area contributed by atoms with E-state index in [4.69, 9.17) is 17.3 Å². The fourth-order valence-corrected chi connectivity index (χ4v) is 2.96. The van der Waals surface area contributed by atoms with Crippen molar-refractivity contribution in [2.45, 2.75) is 38.1 Å². The summed E-state index contributed by atoms with van der Waals surface area (Å²) in [5.74, 6) is 0.728. The van der Waals surface area contributed by atoms with Crippen molar-refractivity contribution in [3.8, 4) is 11.4 Å². The van der Waals surface area contributed by atoms with Gasteiger partial charge in [-0.2, -0.15) is 0 Å². The molecule has 0 radical (unpaired) electrons. The van der Waals surface area contributed by atoms with Crippen LogP contribution in [0.2, 0.25) is 5.02 Å². The number of aromatic nitrogens is 4. The van der Waals surface area contributed by atoms with Crippen molar-refractivity contribution in [3.63, 3.8) is 0 Å². The van der Waals surface area contributed by atoms with Gasteiger partial charge in [0, 0.05) is 11.3 Å². The van der Waals surface area contributed by atoms with Crippen molar-refractivity contribution >= 4 is 17.3 Å². The van der Waals surface area contributed by atoms with Crippen LogP contribution in [0.5, 0.6) is 0 Å². The molecule has 0 atom stereocenters.